The highest BCUT2D eigenvalue weighted by atomic mass is 32.2. The van der Waals surface area contributed by atoms with Crippen LogP contribution in [0.4, 0.5) is 0 Å². The average molecular weight is 443 g/mol. The molecule has 1 heterocycles. The van der Waals surface area contributed by atoms with E-state index in [0.29, 0.717) is 23.3 Å². The van der Waals surface area contributed by atoms with Gasteiger partial charge in [-0.15, -0.1) is 0 Å². The second-order valence-corrected chi connectivity index (χ2v) is 11.6. The van der Waals surface area contributed by atoms with Crippen molar-refractivity contribution >= 4 is 15.9 Å². The standard InChI is InChI=1S/C24H30N2O4S/c27-23(25-7-6-24-13-17-9-18(14-24)11-19(10-17)15-24)20-3-1-5-22(12-20)31(28,29)26-16-21-4-2-8-30-21/h1-5,8,12,17-19,26H,6-7,9-11,13-16H2,(H,25,27). The Balaban J connectivity index is 1.18. The third-order valence-electron chi connectivity index (χ3n) is 7.53. The number of nitrogens with one attached hydrogen (secondary N) is 2. The molecule has 166 valence electrons. The summed E-state index contributed by atoms with van der Waals surface area (Å²) in [5, 5.41) is 3.04. The van der Waals surface area contributed by atoms with E-state index >= 15 is 0 Å². The minimum Gasteiger partial charge on any atom is -0.468 e. The SMILES string of the molecule is O=C(NCCC12CC3CC(CC(C3)C1)C2)c1cccc(S(=O)(=O)NCc2ccco2)c1. The number of rotatable bonds is 8. The first-order valence-corrected chi connectivity index (χ1v) is 12.8. The van der Waals surface area contributed by atoms with Crippen molar-refractivity contribution in [3.63, 3.8) is 0 Å². The summed E-state index contributed by atoms with van der Waals surface area (Å²) in [4.78, 5) is 12.8. The molecule has 31 heavy (non-hydrogen) atoms. The van der Waals surface area contributed by atoms with Crippen molar-refractivity contribution in [1.29, 1.82) is 0 Å². The van der Waals surface area contributed by atoms with E-state index < -0.39 is 10.0 Å². The van der Waals surface area contributed by atoms with Gasteiger partial charge in [0.25, 0.3) is 5.91 Å². The Morgan fingerprint density at radius 1 is 1.03 bits per heavy atom. The van der Waals surface area contributed by atoms with Crippen LogP contribution in [0, 0.1) is 23.2 Å². The van der Waals surface area contributed by atoms with Crippen LogP contribution in [-0.4, -0.2) is 20.9 Å². The zero-order valence-corrected chi connectivity index (χ0v) is 18.5. The first-order valence-electron chi connectivity index (χ1n) is 11.3. The normalized spacial score (nSPS) is 29.2. The fraction of sp³-hybridized carbons (Fsp3) is 0.542. The van der Waals surface area contributed by atoms with Crippen LogP contribution in [0.1, 0.15) is 61.1 Å². The van der Waals surface area contributed by atoms with E-state index in [1.807, 2.05) is 0 Å². The van der Waals surface area contributed by atoms with Gasteiger partial charge in [-0.05, 0) is 98.4 Å². The van der Waals surface area contributed by atoms with Gasteiger partial charge >= 0.3 is 0 Å². The molecule has 0 unspecified atom stereocenters. The minimum atomic E-state index is -3.73. The van der Waals surface area contributed by atoms with Crippen LogP contribution < -0.4 is 10.0 Å². The second kappa shape index (κ2) is 8.10. The van der Waals surface area contributed by atoms with Gasteiger partial charge in [0.2, 0.25) is 10.0 Å². The molecule has 2 N–H and O–H groups in total. The number of furan rings is 1. The third-order valence-corrected chi connectivity index (χ3v) is 8.93. The van der Waals surface area contributed by atoms with Crippen molar-refractivity contribution < 1.29 is 17.6 Å². The molecule has 1 aromatic carbocycles. The van der Waals surface area contributed by atoms with Crippen LogP contribution >= 0.6 is 0 Å². The topological polar surface area (TPSA) is 88.4 Å². The van der Waals surface area contributed by atoms with E-state index in [1.54, 1.807) is 24.3 Å². The molecule has 2 aromatic rings. The van der Waals surface area contributed by atoms with Gasteiger partial charge < -0.3 is 9.73 Å². The molecule has 4 aliphatic rings. The van der Waals surface area contributed by atoms with Crippen molar-refractivity contribution in [2.75, 3.05) is 6.54 Å². The molecule has 1 amide bonds. The predicted molar refractivity (Wildman–Crippen MR) is 117 cm³/mol. The highest BCUT2D eigenvalue weighted by molar-refractivity contribution is 7.89. The maximum atomic E-state index is 12.7. The molecule has 6 rings (SSSR count). The summed E-state index contributed by atoms with van der Waals surface area (Å²) < 4.78 is 32.9. The van der Waals surface area contributed by atoms with Crippen molar-refractivity contribution in [3.05, 3.63) is 54.0 Å². The Hall–Kier alpha value is -2.12. The first kappa shape index (κ1) is 20.8. The molecule has 4 saturated carbocycles. The van der Waals surface area contributed by atoms with Gasteiger partial charge in [0.1, 0.15) is 5.76 Å². The fourth-order valence-electron chi connectivity index (χ4n) is 6.61. The average Bonchev–Trinajstić information content (AvgIpc) is 3.25. The molecule has 0 aliphatic heterocycles. The summed E-state index contributed by atoms with van der Waals surface area (Å²) in [6, 6.07) is 9.61. The first-order chi connectivity index (χ1) is 14.9. The summed E-state index contributed by atoms with van der Waals surface area (Å²) >= 11 is 0. The van der Waals surface area contributed by atoms with Crippen LogP contribution in [0.2, 0.25) is 0 Å². The quantitative estimate of drug-likeness (QED) is 0.644. The molecule has 0 atom stereocenters. The van der Waals surface area contributed by atoms with E-state index in [2.05, 4.69) is 10.0 Å². The highest BCUT2D eigenvalue weighted by Crippen LogP contribution is 2.61. The number of hydrogen-bond donors (Lipinski definition) is 2. The van der Waals surface area contributed by atoms with Gasteiger partial charge in [0.15, 0.2) is 0 Å². The molecule has 0 spiro atoms. The van der Waals surface area contributed by atoms with Crippen LogP contribution in [0.5, 0.6) is 0 Å². The number of carbonyl (C=O) groups excluding carboxylic acids is 1. The number of hydrogen-bond acceptors (Lipinski definition) is 4. The van der Waals surface area contributed by atoms with E-state index in [-0.39, 0.29) is 17.3 Å². The van der Waals surface area contributed by atoms with E-state index in [1.165, 1.54) is 56.9 Å². The van der Waals surface area contributed by atoms with Gasteiger partial charge in [0.05, 0.1) is 17.7 Å². The Morgan fingerprint density at radius 3 is 2.39 bits per heavy atom. The molecular weight excluding hydrogens is 412 g/mol. The maximum absolute atomic E-state index is 12.7. The van der Waals surface area contributed by atoms with Crippen molar-refractivity contribution in [1.82, 2.24) is 10.0 Å². The lowest BCUT2D eigenvalue weighted by Crippen LogP contribution is -2.47. The number of benzene rings is 1. The third kappa shape index (κ3) is 4.44. The summed E-state index contributed by atoms with van der Waals surface area (Å²) in [5.74, 6) is 3.02. The monoisotopic (exact) mass is 442 g/mol. The second-order valence-electron chi connectivity index (χ2n) is 9.86. The van der Waals surface area contributed by atoms with Crippen molar-refractivity contribution in [2.45, 2.75) is 56.4 Å². The van der Waals surface area contributed by atoms with Gasteiger partial charge in [-0.1, -0.05) is 6.07 Å². The van der Waals surface area contributed by atoms with Crippen LogP contribution in [0.15, 0.2) is 52.0 Å². The summed E-state index contributed by atoms with van der Waals surface area (Å²) in [6.45, 7) is 0.718. The summed E-state index contributed by atoms with van der Waals surface area (Å²) in [7, 11) is -3.73. The van der Waals surface area contributed by atoms with Crippen LogP contribution in [0.25, 0.3) is 0 Å². The van der Waals surface area contributed by atoms with Gasteiger partial charge in [0, 0.05) is 12.1 Å². The van der Waals surface area contributed by atoms with E-state index in [9.17, 15) is 13.2 Å². The molecule has 4 aliphatic carbocycles. The molecule has 4 bridgehead atoms. The molecule has 0 saturated heterocycles. The number of amides is 1. The summed E-state index contributed by atoms with van der Waals surface area (Å²) in [6.07, 6.45) is 10.8. The van der Waals surface area contributed by atoms with Crippen molar-refractivity contribution in [3.8, 4) is 0 Å². The zero-order valence-electron chi connectivity index (χ0n) is 17.7. The fourth-order valence-corrected chi connectivity index (χ4v) is 7.65. The lowest BCUT2D eigenvalue weighted by atomic mass is 9.49. The maximum Gasteiger partial charge on any atom is 0.251 e. The Kier molecular flexibility index (Phi) is 5.42. The molecule has 7 heteroatoms. The highest BCUT2D eigenvalue weighted by Gasteiger charge is 2.50. The lowest BCUT2D eigenvalue weighted by Gasteiger charge is -2.57. The Morgan fingerprint density at radius 2 is 1.74 bits per heavy atom. The van der Waals surface area contributed by atoms with E-state index in [0.717, 1.165) is 24.2 Å². The molecule has 4 fully saturated rings. The van der Waals surface area contributed by atoms with Gasteiger partial charge in [-0.2, -0.15) is 0 Å². The summed E-state index contributed by atoms with van der Waals surface area (Å²) in [5.41, 5.74) is 0.787. The smallest absolute Gasteiger partial charge is 0.251 e. The number of sulfonamides is 1. The molecule has 0 radical (unpaired) electrons. The predicted octanol–water partition coefficient (Wildman–Crippen LogP) is 4.09. The Bertz CT molecular complexity index is 1010. The van der Waals surface area contributed by atoms with Crippen LogP contribution in [0.3, 0.4) is 0 Å². The molecule has 1 aromatic heterocycles. The van der Waals surface area contributed by atoms with Crippen LogP contribution in [-0.2, 0) is 16.6 Å². The Labute approximate surface area is 183 Å². The van der Waals surface area contributed by atoms with E-state index in [4.69, 9.17) is 4.42 Å². The van der Waals surface area contributed by atoms with Gasteiger partial charge in [-0.25, -0.2) is 13.1 Å². The molecular formula is C24H30N2O4S. The van der Waals surface area contributed by atoms with Crippen molar-refractivity contribution in [2.24, 2.45) is 23.2 Å². The number of carbonyl (C=O) groups is 1. The largest absolute Gasteiger partial charge is 0.468 e. The minimum absolute atomic E-state index is 0.0663. The zero-order chi connectivity index (χ0) is 21.5. The lowest BCUT2D eigenvalue weighted by molar-refractivity contribution is -0.0564. The molecule has 6 nitrogen and oxygen atoms in total. The van der Waals surface area contributed by atoms with Gasteiger partial charge in [-0.3, -0.25) is 4.79 Å².